The summed E-state index contributed by atoms with van der Waals surface area (Å²) in [4.78, 5) is 9.49. The molecule has 1 aliphatic carbocycles. The van der Waals surface area contributed by atoms with Crippen LogP contribution in [0.2, 0.25) is 0 Å². The van der Waals surface area contributed by atoms with Gasteiger partial charge in [0, 0.05) is 28.9 Å². The Labute approximate surface area is 281 Å². The molecule has 2 heteroatoms. The van der Waals surface area contributed by atoms with Crippen LogP contribution in [0.1, 0.15) is 30.5 Å². The highest BCUT2D eigenvalue weighted by Crippen LogP contribution is 2.51. The molecule has 48 heavy (non-hydrogen) atoms. The van der Waals surface area contributed by atoms with Gasteiger partial charge in [-0.25, -0.2) is 0 Å². The van der Waals surface area contributed by atoms with Crippen molar-refractivity contribution in [3.05, 3.63) is 169 Å². The van der Waals surface area contributed by atoms with Crippen LogP contribution in [0.3, 0.4) is 0 Å². The predicted octanol–water partition coefficient (Wildman–Crippen LogP) is 12.1. The van der Waals surface area contributed by atoms with E-state index in [4.69, 9.17) is 9.97 Å². The predicted molar refractivity (Wildman–Crippen MR) is 201 cm³/mol. The fraction of sp³-hybridized carbons (Fsp3) is 0.0870. The second kappa shape index (κ2) is 10.9. The largest absolute Gasteiger partial charge is 0.256 e. The molecule has 9 rings (SSSR count). The zero-order valence-corrected chi connectivity index (χ0v) is 27.3. The molecule has 2 nitrogen and oxygen atoms in total. The summed E-state index contributed by atoms with van der Waals surface area (Å²) in [5, 5.41) is 4.98. The van der Waals surface area contributed by atoms with Crippen molar-refractivity contribution >= 4 is 21.5 Å². The Morgan fingerprint density at radius 3 is 1.65 bits per heavy atom. The summed E-state index contributed by atoms with van der Waals surface area (Å²) in [5.41, 5.74) is 15.6. The monoisotopic (exact) mass is 614 g/mol. The number of pyridine rings is 2. The number of aromatic nitrogens is 2. The van der Waals surface area contributed by atoms with Crippen molar-refractivity contribution in [1.29, 1.82) is 0 Å². The van der Waals surface area contributed by atoms with Crippen molar-refractivity contribution < 1.29 is 0 Å². The molecule has 0 atom stereocenters. The lowest BCUT2D eigenvalue weighted by molar-refractivity contribution is 0.660. The normalized spacial score (nSPS) is 13.1. The molecule has 0 spiro atoms. The lowest BCUT2D eigenvalue weighted by Gasteiger charge is -2.22. The molecule has 0 fully saturated rings. The Kier molecular flexibility index (Phi) is 6.42. The summed E-state index contributed by atoms with van der Waals surface area (Å²) in [6.45, 7) is 6.89. The standard InChI is InChI=1S/C46H34N2/c1-29-18-20-37-39(24-29)44(30-19-21-41-38(28-30)34-12-6-7-15-40(34)46(41,2)3)35-13-4-5-14-36(35)45(37)33-26-31(42-16-8-10-22-47-42)25-32(27-33)43-17-9-11-23-48-43/h4-28H,1-3H3. The number of benzene rings is 6. The van der Waals surface area contributed by atoms with Crippen molar-refractivity contribution in [2.24, 2.45) is 0 Å². The van der Waals surface area contributed by atoms with Crippen LogP contribution in [-0.2, 0) is 5.41 Å². The molecule has 0 unspecified atom stereocenters. The highest BCUT2D eigenvalue weighted by atomic mass is 14.7. The minimum absolute atomic E-state index is 0.0288. The van der Waals surface area contributed by atoms with E-state index in [2.05, 4.69) is 136 Å². The fourth-order valence-corrected chi connectivity index (χ4v) is 7.92. The number of rotatable bonds is 4. The first kappa shape index (κ1) is 28.4. The van der Waals surface area contributed by atoms with E-state index in [0.29, 0.717) is 0 Å². The molecule has 0 bridgehead atoms. The number of hydrogen-bond acceptors (Lipinski definition) is 2. The van der Waals surface area contributed by atoms with Crippen LogP contribution in [0.25, 0.3) is 77.4 Å². The van der Waals surface area contributed by atoms with E-state index in [-0.39, 0.29) is 5.41 Å². The maximum absolute atomic E-state index is 4.74. The summed E-state index contributed by atoms with van der Waals surface area (Å²) >= 11 is 0. The van der Waals surface area contributed by atoms with Gasteiger partial charge in [-0.1, -0.05) is 110 Å². The minimum atomic E-state index is -0.0288. The molecule has 0 aliphatic heterocycles. The molecule has 0 amide bonds. The molecule has 6 aromatic carbocycles. The molecule has 2 aromatic heterocycles. The van der Waals surface area contributed by atoms with Crippen molar-refractivity contribution in [3.8, 4) is 55.9 Å². The van der Waals surface area contributed by atoms with Crippen LogP contribution in [0.5, 0.6) is 0 Å². The second-order valence-corrected chi connectivity index (χ2v) is 13.5. The molecule has 0 N–H and O–H groups in total. The third-order valence-corrected chi connectivity index (χ3v) is 10.2. The van der Waals surface area contributed by atoms with Gasteiger partial charge in [-0.15, -0.1) is 0 Å². The Hall–Kier alpha value is -5.86. The third-order valence-electron chi connectivity index (χ3n) is 10.2. The number of aryl methyl sites for hydroxylation is 1. The summed E-state index contributed by atoms with van der Waals surface area (Å²) in [7, 11) is 0. The van der Waals surface area contributed by atoms with Crippen molar-refractivity contribution in [2.75, 3.05) is 0 Å². The first-order valence-electron chi connectivity index (χ1n) is 16.7. The SMILES string of the molecule is Cc1ccc2c(-c3cc(-c4ccccn4)cc(-c4ccccn4)c3)c3ccccc3c(-c3ccc4c(c3)-c3ccccc3C4(C)C)c2c1. The van der Waals surface area contributed by atoms with Gasteiger partial charge in [0.25, 0.3) is 0 Å². The third kappa shape index (κ3) is 4.41. The van der Waals surface area contributed by atoms with E-state index in [1.807, 2.05) is 36.7 Å². The van der Waals surface area contributed by atoms with Gasteiger partial charge in [0.15, 0.2) is 0 Å². The Bertz CT molecular complexity index is 2470. The fourth-order valence-electron chi connectivity index (χ4n) is 7.92. The van der Waals surface area contributed by atoms with Crippen LogP contribution < -0.4 is 0 Å². The van der Waals surface area contributed by atoms with E-state index in [1.54, 1.807) is 0 Å². The average Bonchev–Trinajstić information content (AvgIpc) is 3.36. The van der Waals surface area contributed by atoms with Gasteiger partial charge in [0.1, 0.15) is 0 Å². The molecule has 0 saturated heterocycles. The van der Waals surface area contributed by atoms with Crippen molar-refractivity contribution in [3.63, 3.8) is 0 Å². The molecular formula is C46H34N2. The van der Waals surface area contributed by atoms with Gasteiger partial charge in [-0.05, 0) is 122 Å². The quantitative estimate of drug-likeness (QED) is 0.184. The van der Waals surface area contributed by atoms with Crippen LogP contribution >= 0.6 is 0 Å². The van der Waals surface area contributed by atoms with Gasteiger partial charge in [-0.3, -0.25) is 9.97 Å². The van der Waals surface area contributed by atoms with Gasteiger partial charge in [-0.2, -0.15) is 0 Å². The van der Waals surface area contributed by atoms with Gasteiger partial charge in [0.05, 0.1) is 11.4 Å². The Morgan fingerprint density at radius 1 is 0.417 bits per heavy atom. The second-order valence-electron chi connectivity index (χ2n) is 13.5. The summed E-state index contributed by atoms with van der Waals surface area (Å²) < 4.78 is 0. The van der Waals surface area contributed by atoms with E-state index in [1.165, 1.54) is 66.1 Å². The first-order valence-corrected chi connectivity index (χ1v) is 16.7. The van der Waals surface area contributed by atoms with Gasteiger partial charge >= 0.3 is 0 Å². The number of nitrogens with zero attached hydrogens (tertiary/aromatic N) is 2. The smallest absolute Gasteiger partial charge is 0.0702 e. The van der Waals surface area contributed by atoms with E-state index in [0.717, 1.165) is 28.1 Å². The van der Waals surface area contributed by atoms with Gasteiger partial charge in [0.2, 0.25) is 0 Å². The van der Waals surface area contributed by atoms with Crippen LogP contribution in [-0.4, -0.2) is 9.97 Å². The lowest BCUT2D eigenvalue weighted by atomic mass is 9.81. The highest BCUT2D eigenvalue weighted by molar-refractivity contribution is 6.22. The van der Waals surface area contributed by atoms with Crippen LogP contribution in [0, 0.1) is 6.92 Å². The average molecular weight is 615 g/mol. The zero-order valence-electron chi connectivity index (χ0n) is 27.3. The molecular weight excluding hydrogens is 581 g/mol. The Balaban J connectivity index is 1.35. The van der Waals surface area contributed by atoms with E-state index >= 15 is 0 Å². The maximum Gasteiger partial charge on any atom is 0.0702 e. The molecule has 0 radical (unpaired) electrons. The minimum Gasteiger partial charge on any atom is -0.256 e. The lowest BCUT2D eigenvalue weighted by Crippen LogP contribution is -2.14. The molecule has 2 heterocycles. The topological polar surface area (TPSA) is 25.8 Å². The van der Waals surface area contributed by atoms with Crippen molar-refractivity contribution in [2.45, 2.75) is 26.2 Å². The van der Waals surface area contributed by atoms with E-state index < -0.39 is 0 Å². The maximum atomic E-state index is 4.74. The van der Waals surface area contributed by atoms with Gasteiger partial charge < -0.3 is 0 Å². The summed E-state index contributed by atoms with van der Waals surface area (Å²) in [5.74, 6) is 0. The first-order chi connectivity index (χ1) is 23.5. The molecule has 228 valence electrons. The highest BCUT2D eigenvalue weighted by Gasteiger charge is 2.35. The molecule has 0 saturated carbocycles. The van der Waals surface area contributed by atoms with E-state index in [9.17, 15) is 0 Å². The number of hydrogen-bond donors (Lipinski definition) is 0. The Morgan fingerprint density at radius 2 is 0.979 bits per heavy atom. The van der Waals surface area contributed by atoms with Crippen molar-refractivity contribution in [1.82, 2.24) is 9.97 Å². The summed E-state index contributed by atoms with van der Waals surface area (Å²) in [6, 6.07) is 50.9. The molecule has 8 aromatic rings. The number of fused-ring (bicyclic) bond motifs is 5. The zero-order chi connectivity index (χ0) is 32.4. The van der Waals surface area contributed by atoms with Crippen LogP contribution in [0.4, 0.5) is 0 Å². The van der Waals surface area contributed by atoms with Crippen LogP contribution in [0.15, 0.2) is 152 Å². The molecule has 1 aliphatic rings. The summed E-state index contributed by atoms with van der Waals surface area (Å²) in [6.07, 6.45) is 3.72.